The topological polar surface area (TPSA) is 123 Å². The first-order chi connectivity index (χ1) is 12.2. The molecule has 142 valence electrons. The van der Waals surface area contributed by atoms with Crippen molar-refractivity contribution in [3.05, 3.63) is 35.4 Å². The molecule has 1 aromatic carbocycles. The molecule has 8 heteroatoms. The highest BCUT2D eigenvalue weighted by atomic mass is 16.7. The van der Waals surface area contributed by atoms with E-state index < -0.39 is 17.7 Å². The van der Waals surface area contributed by atoms with Gasteiger partial charge in [0.05, 0.1) is 6.42 Å². The molecule has 0 aliphatic carbocycles. The second-order valence-corrected chi connectivity index (χ2v) is 7.31. The van der Waals surface area contributed by atoms with E-state index in [1.165, 1.54) is 0 Å². The van der Waals surface area contributed by atoms with Gasteiger partial charge < -0.3 is 25.7 Å². The lowest BCUT2D eigenvalue weighted by atomic mass is 9.97. The molecular formula is C18H25N3O5. The minimum atomic E-state index is -0.969. The highest BCUT2D eigenvalue weighted by molar-refractivity contribution is 5.96. The molecule has 0 radical (unpaired) electrons. The SMILES string of the molecule is CC(C)(C)OC(=O)OC(=O)CC1CNC(c2ccc(C(N)=NO)cc2)C1. The molecule has 1 aliphatic heterocycles. The smallest absolute Gasteiger partial charge is 0.428 e. The molecule has 0 saturated carbocycles. The standard InChI is InChI=1S/C18H25N3O5/c1-18(2,3)26-17(23)25-15(22)9-11-8-14(20-10-11)12-4-6-13(7-5-12)16(19)21-24/h4-7,11,14,20,24H,8-10H2,1-3H3,(H2,19,21). The number of carbonyl (C=O) groups is 2. The molecule has 1 fully saturated rings. The predicted octanol–water partition coefficient (Wildman–Crippen LogP) is 2.30. The van der Waals surface area contributed by atoms with E-state index in [1.54, 1.807) is 32.9 Å². The zero-order valence-electron chi connectivity index (χ0n) is 15.2. The third kappa shape index (κ3) is 5.73. The monoisotopic (exact) mass is 363 g/mol. The fourth-order valence-corrected chi connectivity index (χ4v) is 2.80. The van der Waals surface area contributed by atoms with Crippen LogP contribution in [0.2, 0.25) is 0 Å². The van der Waals surface area contributed by atoms with Crippen LogP contribution in [0.25, 0.3) is 0 Å². The van der Waals surface area contributed by atoms with Crippen molar-refractivity contribution in [2.24, 2.45) is 16.8 Å². The Balaban J connectivity index is 1.84. The number of nitrogens with two attached hydrogens (primary N) is 1. The van der Waals surface area contributed by atoms with E-state index in [1.807, 2.05) is 12.1 Å². The lowest BCUT2D eigenvalue weighted by Crippen LogP contribution is -2.26. The molecule has 26 heavy (non-hydrogen) atoms. The summed E-state index contributed by atoms with van der Waals surface area (Å²) < 4.78 is 9.67. The van der Waals surface area contributed by atoms with E-state index in [2.05, 4.69) is 10.5 Å². The zero-order chi connectivity index (χ0) is 19.3. The molecule has 4 N–H and O–H groups in total. The third-order valence-electron chi connectivity index (χ3n) is 3.98. The molecule has 8 nitrogen and oxygen atoms in total. The Morgan fingerprint density at radius 3 is 2.54 bits per heavy atom. The Morgan fingerprint density at radius 1 is 1.31 bits per heavy atom. The molecule has 1 aromatic rings. The number of oxime groups is 1. The number of benzene rings is 1. The molecule has 0 bridgehead atoms. The van der Waals surface area contributed by atoms with Crippen LogP contribution in [-0.2, 0) is 14.3 Å². The van der Waals surface area contributed by atoms with Crippen LogP contribution in [0.5, 0.6) is 0 Å². The summed E-state index contributed by atoms with van der Waals surface area (Å²) in [5.74, 6) is -0.466. The molecule has 2 unspecified atom stereocenters. The van der Waals surface area contributed by atoms with Gasteiger partial charge in [-0.3, -0.25) is 4.79 Å². The number of nitrogens with one attached hydrogen (secondary N) is 1. The van der Waals surface area contributed by atoms with Gasteiger partial charge in [-0.2, -0.15) is 0 Å². The third-order valence-corrected chi connectivity index (χ3v) is 3.98. The van der Waals surface area contributed by atoms with Crippen LogP contribution in [0.4, 0.5) is 4.79 Å². The Bertz CT molecular complexity index is 679. The van der Waals surface area contributed by atoms with Crippen molar-refractivity contribution in [1.29, 1.82) is 0 Å². The average molecular weight is 363 g/mol. The number of ether oxygens (including phenoxy) is 2. The maximum atomic E-state index is 11.9. The highest BCUT2D eigenvalue weighted by Crippen LogP contribution is 2.29. The summed E-state index contributed by atoms with van der Waals surface area (Å²) in [6, 6.07) is 7.43. The quantitative estimate of drug-likeness (QED) is 0.187. The number of hydrogen-bond donors (Lipinski definition) is 3. The number of carbonyl (C=O) groups excluding carboxylic acids is 2. The van der Waals surface area contributed by atoms with Crippen molar-refractivity contribution in [3.8, 4) is 0 Å². The largest absolute Gasteiger partial charge is 0.516 e. The van der Waals surface area contributed by atoms with Gasteiger partial charge in [-0.25, -0.2) is 4.79 Å². The van der Waals surface area contributed by atoms with Gasteiger partial charge in [0.25, 0.3) is 0 Å². The first kappa shape index (κ1) is 19.7. The maximum absolute atomic E-state index is 11.9. The van der Waals surface area contributed by atoms with Crippen LogP contribution in [-0.4, -0.2) is 35.3 Å². The van der Waals surface area contributed by atoms with Gasteiger partial charge in [0.15, 0.2) is 5.84 Å². The minimum Gasteiger partial charge on any atom is -0.428 e. The number of rotatable bonds is 4. The van der Waals surface area contributed by atoms with Crippen LogP contribution in [0.1, 0.15) is 50.8 Å². The van der Waals surface area contributed by atoms with Gasteiger partial charge in [0, 0.05) is 11.6 Å². The fraction of sp³-hybridized carbons (Fsp3) is 0.500. The Labute approximate surface area is 152 Å². The van der Waals surface area contributed by atoms with Crippen LogP contribution in [0, 0.1) is 5.92 Å². The van der Waals surface area contributed by atoms with E-state index in [-0.39, 0.29) is 24.2 Å². The van der Waals surface area contributed by atoms with Crippen LogP contribution in [0.3, 0.4) is 0 Å². The van der Waals surface area contributed by atoms with E-state index in [0.29, 0.717) is 12.1 Å². The van der Waals surface area contributed by atoms with E-state index in [0.717, 1.165) is 12.0 Å². The Kier molecular flexibility index (Phi) is 6.20. The van der Waals surface area contributed by atoms with Crippen molar-refractivity contribution in [2.45, 2.75) is 45.3 Å². The molecule has 1 saturated heterocycles. The molecule has 0 spiro atoms. The molecule has 0 amide bonds. The molecule has 1 heterocycles. The van der Waals surface area contributed by atoms with Crippen LogP contribution >= 0.6 is 0 Å². The lowest BCUT2D eigenvalue weighted by molar-refractivity contribution is -0.142. The number of esters is 1. The van der Waals surface area contributed by atoms with Crippen molar-refractivity contribution in [3.63, 3.8) is 0 Å². The van der Waals surface area contributed by atoms with Crippen LogP contribution in [0.15, 0.2) is 29.4 Å². The lowest BCUT2D eigenvalue weighted by Gasteiger charge is -2.18. The van der Waals surface area contributed by atoms with E-state index in [4.69, 9.17) is 20.4 Å². The summed E-state index contributed by atoms with van der Waals surface area (Å²) in [4.78, 5) is 23.4. The summed E-state index contributed by atoms with van der Waals surface area (Å²) in [5.41, 5.74) is 6.52. The minimum absolute atomic E-state index is 0.0543. The predicted molar refractivity (Wildman–Crippen MR) is 94.7 cm³/mol. The number of hydrogen-bond acceptors (Lipinski definition) is 7. The van der Waals surface area contributed by atoms with Crippen molar-refractivity contribution < 1.29 is 24.3 Å². The van der Waals surface area contributed by atoms with Gasteiger partial charge in [-0.15, -0.1) is 0 Å². The van der Waals surface area contributed by atoms with Crippen molar-refractivity contribution in [1.82, 2.24) is 5.32 Å². The molecule has 0 aromatic heterocycles. The van der Waals surface area contributed by atoms with Gasteiger partial charge in [-0.05, 0) is 45.2 Å². The second-order valence-electron chi connectivity index (χ2n) is 7.31. The summed E-state index contributed by atoms with van der Waals surface area (Å²) in [6.07, 6.45) is -0.0826. The summed E-state index contributed by atoms with van der Waals surface area (Å²) >= 11 is 0. The average Bonchev–Trinajstić information content (AvgIpc) is 3.00. The zero-order valence-corrected chi connectivity index (χ0v) is 15.2. The summed E-state index contributed by atoms with van der Waals surface area (Å²) in [5, 5.41) is 15.0. The Hall–Kier alpha value is -2.61. The normalized spacial score (nSPS) is 20.7. The molecular weight excluding hydrogens is 338 g/mol. The van der Waals surface area contributed by atoms with E-state index in [9.17, 15) is 9.59 Å². The summed E-state index contributed by atoms with van der Waals surface area (Å²) in [6.45, 7) is 5.76. The van der Waals surface area contributed by atoms with Crippen LogP contribution < -0.4 is 11.1 Å². The van der Waals surface area contributed by atoms with Gasteiger partial charge in [0.2, 0.25) is 0 Å². The fourth-order valence-electron chi connectivity index (χ4n) is 2.80. The van der Waals surface area contributed by atoms with Gasteiger partial charge in [-0.1, -0.05) is 29.4 Å². The maximum Gasteiger partial charge on any atom is 0.516 e. The van der Waals surface area contributed by atoms with Crippen molar-refractivity contribution in [2.75, 3.05) is 6.54 Å². The number of nitrogens with zero attached hydrogens (tertiary/aromatic N) is 1. The molecule has 2 atom stereocenters. The Morgan fingerprint density at radius 2 is 1.96 bits per heavy atom. The van der Waals surface area contributed by atoms with Crippen molar-refractivity contribution >= 4 is 18.0 Å². The van der Waals surface area contributed by atoms with E-state index >= 15 is 0 Å². The van der Waals surface area contributed by atoms with Gasteiger partial charge in [0.1, 0.15) is 5.60 Å². The second kappa shape index (κ2) is 8.18. The highest BCUT2D eigenvalue weighted by Gasteiger charge is 2.29. The van der Waals surface area contributed by atoms with Gasteiger partial charge >= 0.3 is 12.1 Å². The summed E-state index contributed by atoms with van der Waals surface area (Å²) in [7, 11) is 0. The molecule has 2 rings (SSSR count). The number of amidine groups is 1. The first-order valence-corrected chi connectivity index (χ1v) is 8.43. The molecule has 1 aliphatic rings. The first-order valence-electron chi connectivity index (χ1n) is 8.43.